The van der Waals surface area contributed by atoms with Gasteiger partial charge in [0.05, 0.1) is 6.10 Å². The Labute approximate surface area is 126 Å². The molecule has 7 nitrogen and oxygen atoms in total. The Morgan fingerprint density at radius 3 is 2.73 bits per heavy atom. The van der Waals surface area contributed by atoms with Crippen molar-refractivity contribution in [1.82, 2.24) is 10.8 Å². The second-order valence-corrected chi connectivity index (χ2v) is 4.41. The summed E-state index contributed by atoms with van der Waals surface area (Å²) in [6, 6.07) is 2.03. The molecule has 120 valence electrons. The summed E-state index contributed by atoms with van der Waals surface area (Å²) >= 11 is 0. The van der Waals surface area contributed by atoms with E-state index in [1.54, 1.807) is 0 Å². The van der Waals surface area contributed by atoms with Crippen LogP contribution in [0.3, 0.4) is 0 Å². The molecular weight excluding hydrogens is 295 g/mol. The van der Waals surface area contributed by atoms with E-state index in [2.05, 4.69) is 11.9 Å². The fourth-order valence-electron chi connectivity index (χ4n) is 1.60. The number of ether oxygens (including phenoxy) is 1. The Morgan fingerprint density at radius 1 is 1.50 bits per heavy atom. The van der Waals surface area contributed by atoms with Crippen molar-refractivity contribution in [3.8, 4) is 5.75 Å². The minimum Gasteiger partial charge on any atom is -0.486 e. The number of hydrogen-bond donors (Lipinski definition) is 4. The molecule has 0 saturated carbocycles. The van der Waals surface area contributed by atoms with Crippen molar-refractivity contribution in [2.75, 3.05) is 6.61 Å². The molecule has 2 amide bonds. The normalized spacial score (nSPS) is 12.9. The SMILES string of the molecule is C=CCOc1cc(C(=O)N[C@H](C(=O)NO)[C@@H](C)O)ccc1F. The maximum absolute atomic E-state index is 13.5. The molecule has 4 N–H and O–H groups in total. The molecule has 2 atom stereocenters. The summed E-state index contributed by atoms with van der Waals surface area (Å²) in [5, 5.41) is 20.2. The minimum atomic E-state index is -1.36. The summed E-state index contributed by atoms with van der Waals surface area (Å²) in [5.74, 6) is -2.52. The third kappa shape index (κ3) is 4.54. The number of halogens is 1. The highest BCUT2D eigenvalue weighted by molar-refractivity contribution is 5.97. The fourth-order valence-corrected chi connectivity index (χ4v) is 1.60. The number of rotatable bonds is 7. The van der Waals surface area contributed by atoms with E-state index in [1.807, 2.05) is 0 Å². The van der Waals surface area contributed by atoms with Gasteiger partial charge in [0.15, 0.2) is 11.6 Å². The van der Waals surface area contributed by atoms with Crippen LogP contribution in [0.2, 0.25) is 0 Å². The fraction of sp³-hybridized carbons (Fsp3) is 0.286. The second-order valence-electron chi connectivity index (χ2n) is 4.41. The summed E-state index contributed by atoms with van der Waals surface area (Å²) in [6.07, 6.45) is 0.175. The van der Waals surface area contributed by atoms with Crippen LogP contribution < -0.4 is 15.5 Å². The molecular formula is C14H17FN2O5. The van der Waals surface area contributed by atoms with Crippen LogP contribution >= 0.6 is 0 Å². The van der Waals surface area contributed by atoms with E-state index in [1.165, 1.54) is 24.5 Å². The van der Waals surface area contributed by atoms with Gasteiger partial charge in [-0.1, -0.05) is 12.7 Å². The van der Waals surface area contributed by atoms with E-state index >= 15 is 0 Å². The Morgan fingerprint density at radius 2 is 2.18 bits per heavy atom. The lowest BCUT2D eigenvalue weighted by molar-refractivity contribution is -0.133. The van der Waals surface area contributed by atoms with Crippen molar-refractivity contribution in [3.05, 3.63) is 42.2 Å². The Hall–Kier alpha value is -2.45. The largest absolute Gasteiger partial charge is 0.486 e. The zero-order chi connectivity index (χ0) is 16.7. The van der Waals surface area contributed by atoms with Gasteiger partial charge in [-0.25, -0.2) is 9.87 Å². The monoisotopic (exact) mass is 312 g/mol. The van der Waals surface area contributed by atoms with Gasteiger partial charge in [-0.3, -0.25) is 14.8 Å². The summed E-state index contributed by atoms with van der Waals surface area (Å²) in [6.45, 7) is 4.76. The molecule has 0 bridgehead atoms. The number of hydroxylamine groups is 1. The Kier molecular flexibility index (Phi) is 6.48. The number of carbonyl (C=O) groups excluding carboxylic acids is 2. The zero-order valence-electron chi connectivity index (χ0n) is 11.9. The smallest absolute Gasteiger partial charge is 0.268 e. The van der Waals surface area contributed by atoms with E-state index in [4.69, 9.17) is 9.94 Å². The molecule has 0 aliphatic carbocycles. The van der Waals surface area contributed by atoms with Crippen LogP contribution in [0.1, 0.15) is 17.3 Å². The lowest BCUT2D eigenvalue weighted by Gasteiger charge is -2.19. The van der Waals surface area contributed by atoms with Crippen LogP contribution in [0.15, 0.2) is 30.9 Å². The first-order chi connectivity index (χ1) is 10.4. The zero-order valence-corrected chi connectivity index (χ0v) is 11.9. The maximum atomic E-state index is 13.5. The van der Waals surface area contributed by atoms with Gasteiger partial charge in [-0.15, -0.1) is 0 Å². The third-order valence-corrected chi connectivity index (χ3v) is 2.71. The van der Waals surface area contributed by atoms with Gasteiger partial charge in [0.25, 0.3) is 11.8 Å². The number of nitrogens with one attached hydrogen (secondary N) is 2. The number of carbonyl (C=O) groups is 2. The van der Waals surface area contributed by atoms with E-state index < -0.39 is 29.8 Å². The van der Waals surface area contributed by atoms with E-state index in [0.29, 0.717) is 0 Å². The molecule has 22 heavy (non-hydrogen) atoms. The van der Waals surface area contributed by atoms with Crippen molar-refractivity contribution in [3.63, 3.8) is 0 Å². The summed E-state index contributed by atoms with van der Waals surface area (Å²) < 4.78 is 18.6. The Bertz CT molecular complexity index is 562. The summed E-state index contributed by atoms with van der Waals surface area (Å²) in [4.78, 5) is 23.4. The van der Waals surface area contributed by atoms with E-state index in [-0.39, 0.29) is 17.9 Å². The molecule has 0 unspecified atom stereocenters. The van der Waals surface area contributed by atoms with Crippen molar-refractivity contribution < 1.29 is 29.0 Å². The van der Waals surface area contributed by atoms with Crippen LogP contribution in [0.25, 0.3) is 0 Å². The van der Waals surface area contributed by atoms with Gasteiger partial charge in [0.2, 0.25) is 0 Å². The van der Waals surface area contributed by atoms with Crippen molar-refractivity contribution in [2.24, 2.45) is 0 Å². The van der Waals surface area contributed by atoms with Crippen LogP contribution in [0, 0.1) is 5.82 Å². The van der Waals surface area contributed by atoms with Gasteiger partial charge < -0.3 is 15.2 Å². The molecule has 1 rings (SSSR count). The van der Waals surface area contributed by atoms with Gasteiger partial charge in [-0.2, -0.15) is 0 Å². The highest BCUT2D eigenvalue weighted by Crippen LogP contribution is 2.19. The van der Waals surface area contributed by atoms with E-state index in [9.17, 15) is 19.1 Å². The van der Waals surface area contributed by atoms with Crippen LogP contribution in [0.5, 0.6) is 5.75 Å². The second kappa shape index (κ2) is 8.11. The molecule has 0 heterocycles. The standard InChI is InChI=1S/C14H17FN2O5/c1-3-6-22-11-7-9(4-5-10(11)15)13(19)16-12(8(2)18)14(20)17-21/h3-5,7-8,12,18,21H,1,6H2,2H3,(H,16,19)(H,17,20)/t8-,12+/m1/s1. The molecule has 0 fully saturated rings. The van der Waals surface area contributed by atoms with Gasteiger partial charge >= 0.3 is 0 Å². The quantitative estimate of drug-likeness (QED) is 0.331. The van der Waals surface area contributed by atoms with Crippen molar-refractivity contribution >= 4 is 11.8 Å². The number of amides is 2. The number of hydrogen-bond acceptors (Lipinski definition) is 5. The highest BCUT2D eigenvalue weighted by atomic mass is 19.1. The molecule has 0 saturated heterocycles. The van der Waals surface area contributed by atoms with Gasteiger partial charge in [-0.05, 0) is 25.1 Å². The predicted octanol–water partition coefficient (Wildman–Crippen LogP) is 0.375. The van der Waals surface area contributed by atoms with E-state index in [0.717, 1.165) is 12.1 Å². The molecule has 0 aliphatic rings. The molecule has 0 aliphatic heterocycles. The number of aliphatic hydroxyl groups is 1. The lowest BCUT2D eigenvalue weighted by atomic mass is 10.1. The predicted molar refractivity (Wildman–Crippen MR) is 75.0 cm³/mol. The summed E-state index contributed by atoms with van der Waals surface area (Å²) in [7, 11) is 0. The van der Waals surface area contributed by atoms with Gasteiger partial charge in [0, 0.05) is 5.56 Å². The first-order valence-corrected chi connectivity index (χ1v) is 6.36. The van der Waals surface area contributed by atoms with Crippen LogP contribution in [0.4, 0.5) is 4.39 Å². The molecule has 0 spiro atoms. The average Bonchev–Trinajstić information content (AvgIpc) is 2.50. The third-order valence-electron chi connectivity index (χ3n) is 2.71. The molecule has 8 heteroatoms. The lowest BCUT2D eigenvalue weighted by Crippen LogP contribution is -2.51. The summed E-state index contributed by atoms with van der Waals surface area (Å²) in [5.41, 5.74) is 1.37. The van der Waals surface area contributed by atoms with Crippen molar-refractivity contribution in [1.29, 1.82) is 0 Å². The molecule has 1 aromatic carbocycles. The van der Waals surface area contributed by atoms with Crippen molar-refractivity contribution in [2.45, 2.75) is 19.1 Å². The first-order valence-electron chi connectivity index (χ1n) is 6.36. The highest BCUT2D eigenvalue weighted by Gasteiger charge is 2.26. The Balaban J connectivity index is 2.92. The number of aliphatic hydroxyl groups excluding tert-OH is 1. The van der Waals surface area contributed by atoms with Crippen LogP contribution in [-0.2, 0) is 4.79 Å². The molecule has 0 aromatic heterocycles. The molecule has 1 aromatic rings. The number of benzene rings is 1. The maximum Gasteiger partial charge on any atom is 0.268 e. The molecule has 0 radical (unpaired) electrons. The first kappa shape index (κ1) is 17.6. The topological polar surface area (TPSA) is 108 Å². The van der Waals surface area contributed by atoms with Crippen LogP contribution in [-0.4, -0.2) is 40.9 Å². The van der Waals surface area contributed by atoms with Gasteiger partial charge in [0.1, 0.15) is 12.6 Å². The average molecular weight is 312 g/mol. The minimum absolute atomic E-state index is 0.0249.